The number of guanidine groups is 1. The highest BCUT2D eigenvalue weighted by Gasteiger charge is 2.26. The highest BCUT2D eigenvalue weighted by Crippen LogP contribution is 2.18. The van der Waals surface area contributed by atoms with Crippen molar-refractivity contribution in [2.24, 2.45) is 4.99 Å². The van der Waals surface area contributed by atoms with Crippen molar-refractivity contribution in [2.45, 2.75) is 25.4 Å². The van der Waals surface area contributed by atoms with E-state index in [1.807, 2.05) is 6.08 Å². The van der Waals surface area contributed by atoms with Gasteiger partial charge in [0, 0.05) is 27.2 Å². The zero-order valence-corrected chi connectivity index (χ0v) is 10.3. The van der Waals surface area contributed by atoms with Gasteiger partial charge in [-0.05, 0) is 12.8 Å². The Morgan fingerprint density at radius 2 is 2.12 bits per heavy atom. The molecule has 0 aromatic heterocycles. The molecule has 0 bridgehead atoms. The zero-order valence-electron chi connectivity index (χ0n) is 10.3. The lowest BCUT2D eigenvalue weighted by Crippen LogP contribution is -2.40. The summed E-state index contributed by atoms with van der Waals surface area (Å²) in [6.45, 7) is 4.19. The van der Waals surface area contributed by atoms with E-state index >= 15 is 0 Å². The summed E-state index contributed by atoms with van der Waals surface area (Å²) < 4.78 is 35.9. The van der Waals surface area contributed by atoms with E-state index in [2.05, 4.69) is 16.9 Å². The number of hydrogen-bond donors (Lipinski definition) is 1. The Balaban J connectivity index is 3.94. The summed E-state index contributed by atoms with van der Waals surface area (Å²) in [5.74, 6) is 0.485. The molecule has 0 spiro atoms. The van der Waals surface area contributed by atoms with Gasteiger partial charge in [-0.2, -0.15) is 13.2 Å². The van der Waals surface area contributed by atoms with Gasteiger partial charge in [0.25, 0.3) is 0 Å². The molecule has 0 fully saturated rings. The number of aliphatic imine (C=N–C) groups is 1. The van der Waals surface area contributed by atoms with Gasteiger partial charge in [-0.15, -0.1) is 6.58 Å². The Hall–Kier alpha value is -1.20. The summed E-state index contributed by atoms with van der Waals surface area (Å²) in [5, 5.41) is 2.68. The van der Waals surface area contributed by atoms with Crippen molar-refractivity contribution in [3.05, 3.63) is 12.7 Å². The first-order valence-corrected chi connectivity index (χ1v) is 5.50. The summed E-state index contributed by atoms with van der Waals surface area (Å²) in [5.41, 5.74) is 0. The number of alkyl halides is 3. The molecule has 6 heteroatoms. The maximum Gasteiger partial charge on any atom is 0.390 e. The molecule has 0 aromatic rings. The Kier molecular flexibility index (Phi) is 7.41. The molecule has 0 rings (SSSR count). The molecule has 0 aliphatic carbocycles. The molecular formula is C11H20F3N3. The fourth-order valence-corrected chi connectivity index (χ4v) is 1.28. The third-order valence-corrected chi connectivity index (χ3v) is 2.17. The molecule has 0 saturated carbocycles. The van der Waals surface area contributed by atoms with Gasteiger partial charge in [0.2, 0.25) is 0 Å². The SMILES string of the molecule is C=CCCCN(C)C(=NC)NCCC(F)(F)F. The fourth-order valence-electron chi connectivity index (χ4n) is 1.28. The number of halogens is 3. The molecule has 0 heterocycles. The minimum Gasteiger partial charge on any atom is -0.356 e. The third kappa shape index (κ3) is 8.59. The van der Waals surface area contributed by atoms with E-state index in [4.69, 9.17) is 0 Å². The molecule has 0 radical (unpaired) electrons. The van der Waals surface area contributed by atoms with Crippen LogP contribution in [0.1, 0.15) is 19.3 Å². The van der Waals surface area contributed by atoms with Crippen molar-refractivity contribution in [2.75, 3.05) is 27.2 Å². The summed E-state index contributed by atoms with van der Waals surface area (Å²) in [6, 6.07) is 0. The molecular weight excluding hydrogens is 231 g/mol. The number of unbranched alkanes of at least 4 members (excludes halogenated alkanes) is 1. The predicted octanol–water partition coefficient (Wildman–Crippen LogP) is 2.41. The van der Waals surface area contributed by atoms with E-state index in [0.29, 0.717) is 5.96 Å². The third-order valence-electron chi connectivity index (χ3n) is 2.17. The van der Waals surface area contributed by atoms with Gasteiger partial charge in [-0.3, -0.25) is 4.99 Å². The number of allylic oxidation sites excluding steroid dienone is 1. The van der Waals surface area contributed by atoms with Crippen molar-refractivity contribution in [1.29, 1.82) is 0 Å². The largest absolute Gasteiger partial charge is 0.390 e. The zero-order chi connectivity index (χ0) is 13.3. The highest BCUT2D eigenvalue weighted by molar-refractivity contribution is 5.79. The van der Waals surface area contributed by atoms with Crippen LogP contribution in [-0.2, 0) is 0 Å². The normalized spacial score (nSPS) is 12.4. The second-order valence-corrected chi connectivity index (χ2v) is 3.69. The van der Waals surface area contributed by atoms with Crippen molar-refractivity contribution in [3.8, 4) is 0 Å². The summed E-state index contributed by atoms with van der Waals surface area (Å²) in [6.07, 6.45) is -1.39. The molecule has 0 aliphatic rings. The number of rotatable bonds is 6. The molecule has 0 aliphatic heterocycles. The molecule has 0 amide bonds. The van der Waals surface area contributed by atoms with E-state index in [-0.39, 0.29) is 6.54 Å². The first-order chi connectivity index (χ1) is 7.90. The molecule has 17 heavy (non-hydrogen) atoms. The highest BCUT2D eigenvalue weighted by atomic mass is 19.4. The molecule has 100 valence electrons. The van der Waals surface area contributed by atoms with Crippen LogP contribution < -0.4 is 5.32 Å². The van der Waals surface area contributed by atoms with Gasteiger partial charge in [0.1, 0.15) is 0 Å². The van der Waals surface area contributed by atoms with Gasteiger partial charge in [-0.1, -0.05) is 6.08 Å². The Morgan fingerprint density at radius 3 is 2.59 bits per heavy atom. The Labute approximate surface area is 100 Å². The molecule has 1 N–H and O–H groups in total. The maximum absolute atomic E-state index is 12.0. The van der Waals surface area contributed by atoms with Crippen LogP contribution in [0.4, 0.5) is 13.2 Å². The van der Waals surface area contributed by atoms with Crippen LogP contribution in [0.2, 0.25) is 0 Å². The van der Waals surface area contributed by atoms with Crippen LogP contribution in [0.3, 0.4) is 0 Å². The number of nitrogens with zero attached hydrogens (tertiary/aromatic N) is 2. The van der Waals surface area contributed by atoms with E-state index < -0.39 is 12.6 Å². The second kappa shape index (κ2) is 7.97. The van der Waals surface area contributed by atoms with Gasteiger partial charge < -0.3 is 10.2 Å². The minimum atomic E-state index is -4.13. The lowest BCUT2D eigenvalue weighted by Gasteiger charge is -2.22. The minimum absolute atomic E-state index is 0.151. The average Bonchev–Trinajstić information content (AvgIpc) is 2.23. The van der Waals surface area contributed by atoms with Gasteiger partial charge >= 0.3 is 6.18 Å². The number of hydrogen-bond acceptors (Lipinski definition) is 1. The van der Waals surface area contributed by atoms with Crippen molar-refractivity contribution in [1.82, 2.24) is 10.2 Å². The van der Waals surface area contributed by atoms with Gasteiger partial charge in [-0.25, -0.2) is 0 Å². The van der Waals surface area contributed by atoms with Crippen LogP contribution in [0.5, 0.6) is 0 Å². The second-order valence-electron chi connectivity index (χ2n) is 3.69. The van der Waals surface area contributed by atoms with E-state index in [0.717, 1.165) is 19.4 Å². The summed E-state index contributed by atoms with van der Waals surface area (Å²) in [4.78, 5) is 5.73. The Bertz CT molecular complexity index is 249. The van der Waals surface area contributed by atoms with E-state index in [9.17, 15) is 13.2 Å². The number of nitrogens with one attached hydrogen (secondary N) is 1. The topological polar surface area (TPSA) is 27.6 Å². The van der Waals surface area contributed by atoms with Gasteiger partial charge in [0.15, 0.2) is 5.96 Å². The summed E-state index contributed by atoms with van der Waals surface area (Å²) >= 11 is 0. The average molecular weight is 251 g/mol. The van der Waals surface area contributed by atoms with Crippen LogP contribution in [0.15, 0.2) is 17.6 Å². The fraction of sp³-hybridized carbons (Fsp3) is 0.727. The first kappa shape index (κ1) is 15.8. The Morgan fingerprint density at radius 1 is 1.47 bits per heavy atom. The molecule has 0 saturated heterocycles. The maximum atomic E-state index is 12.0. The standard InChI is InChI=1S/C11H20F3N3/c1-4-5-6-9-17(3)10(15-2)16-8-7-11(12,13)14/h4H,1,5-9H2,2-3H3,(H,15,16). The summed E-state index contributed by atoms with van der Waals surface area (Å²) in [7, 11) is 3.35. The van der Waals surface area contributed by atoms with Crippen LogP contribution in [0.25, 0.3) is 0 Å². The van der Waals surface area contributed by atoms with Crippen LogP contribution >= 0.6 is 0 Å². The van der Waals surface area contributed by atoms with Crippen LogP contribution in [0, 0.1) is 0 Å². The first-order valence-electron chi connectivity index (χ1n) is 5.50. The van der Waals surface area contributed by atoms with Gasteiger partial charge in [0.05, 0.1) is 6.42 Å². The molecule has 3 nitrogen and oxygen atoms in total. The predicted molar refractivity (Wildman–Crippen MR) is 64.1 cm³/mol. The molecule has 0 atom stereocenters. The van der Waals surface area contributed by atoms with Crippen LogP contribution in [-0.4, -0.2) is 44.2 Å². The van der Waals surface area contributed by atoms with E-state index in [1.165, 1.54) is 0 Å². The lowest BCUT2D eigenvalue weighted by atomic mass is 10.3. The van der Waals surface area contributed by atoms with E-state index in [1.54, 1.807) is 19.0 Å². The smallest absolute Gasteiger partial charge is 0.356 e. The quantitative estimate of drug-likeness (QED) is 0.340. The van der Waals surface area contributed by atoms with Crippen molar-refractivity contribution in [3.63, 3.8) is 0 Å². The monoisotopic (exact) mass is 251 g/mol. The van der Waals surface area contributed by atoms with Crippen molar-refractivity contribution >= 4 is 5.96 Å². The lowest BCUT2D eigenvalue weighted by molar-refractivity contribution is -0.132. The van der Waals surface area contributed by atoms with Crippen molar-refractivity contribution < 1.29 is 13.2 Å². The molecule has 0 unspecified atom stereocenters. The molecule has 0 aromatic carbocycles.